The number of benzene rings is 2. The van der Waals surface area contributed by atoms with Gasteiger partial charge in [0.05, 0.1) is 7.11 Å². The molecular weight excluding hydrogens is 246 g/mol. The van der Waals surface area contributed by atoms with E-state index in [-0.39, 0.29) is 0 Å². The Balaban J connectivity index is 1.99. The highest BCUT2D eigenvalue weighted by Crippen LogP contribution is 2.18. The van der Waals surface area contributed by atoms with Gasteiger partial charge in [-0.1, -0.05) is 48.5 Å². The van der Waals surface area contributed by atoms with Gasteiger partial charge >= 0.3 is 0 Å². The molecule has 0 aliphatic carbocycles. The molecule has 1 unspecified atom stereocenters. The summed E-state index contributed by atoms with van der Waals surface area (Å²) in [7, 11) is 1.68. The Morgan fingerprint density at radius 1 is 1.10 bits per heavy atom. The van der Waals surface area contributed by atoms with E-state index in [1.165, 1.54) is 11.1 Å². The molecular formula is C18H21NO. The SMILES string of the molecule is C=CCC(NCc1ccc(OC)cc1)c1ccccc1. The average molecular weight is 267 g/mol. The molecule has 0 fully saturated rings. The number of hydrogen-bond donors (Lipinski definition) is 1. The van der Waals surface area contributed by atoms with E-state index < -0.39 is 0 Å². The van der Waals surface area contributed by atoms with Crippen LogP contribution in [0.2, 0.25) is 0 Å². The van der Waals surface area contributed by atoms with E-state index in [2.05, 4.69) is 48.3 Å². The van der Waals surface area contributed by atoms with Crippen LogP contribution in [0.15, 0.2) is 67.3 Å². The quantitative estimate of drug-likeness (QED) is 0.762. The van der Waals surface area contributed by atoms with E-state index in [1.807, 2.05) is 24.3 Å². The summed E-state index contributed by atoms with van der Waals surface area (Å²) in [5, 5.41) is 3.58. The second kappa shape index (κ2) is 7.51. The van der Waals surface area contributed by atoms with Crippen LogP contribution in [0.4, 0.5) is 0 Å². The van der Waals surface area contributed by atoms with Crippen LogP contribution < -0.4 is 10.1 Å². The van der Waals surface area contributed by atoms with Crippen molar-refractivity contribution in [3.8, 4) is 5.75 Å². The normalized spacial score (nSPS) is 11.8. The molecule has 1 N–H and O–H groups in total. The monoisotopic (exact) mass is 267 g/mol. The fraction of sp³-hybridized carbons (Fsp3) is 0.222. The summed E-state index contributed by atoms with van der Waals surface area (Å²) in [6.07, 6.45) is 2.87. The first-order valence-corrected chi connectivity index (χ1v) is 6.85. The fourth-order valence-electron chi connectivity index (χ4n) is 2.17. The summed E-state index contributed by atoms with van der Waals surface area (Å²) >= 11 is 0. The first-order chi connectivity index (χ1) is 9.83. The smallest absolute Gasteiger partial charge is 0.118 e. The average Bonchev–Trinajstić information content (AvgIpc) is 2.53. The number of methoxy groups -OCH3 is 1. The molecule has 0 aromatic heterocycles. The first kappa shape index (κ1) is 14.4. The third-order valence-electron chi connectivity index (χ3n) is 3.32. The number of hydrogen-bond acceptors (Lipinski definition) is 2. The molecule has 0 aliphatic heterocycles. The molecule has 0 amide bonds. The minimum absolute atomic E-state index is 0.302. The van der Waals surface area contributed by atoms with Gasteiger partial charge in [-0.2, -0.15) is 0 Å². The van der Waals surface area contributed by atoms with Crippen molar-refractivity contribution in [1.82, 2.24) is 5.32 Å². The molecule has 0 heterocycles. The molecule has 2 rings (SSSR count). The molecule has 0 spiro atoms. The van der Waals surface area contributed by atoms with Crippen LogP contribution in [0, 0.1) is 0 Å². The molecule has 1 atom stereocenters. The zero-order valence-corrected chi connectivity index (χ0v) is 11.9. The standard InChI is InChI=1S/C18H21NO/c1-3-7-18(16-8-5-4-6-9-16)19-14-15-10-12-17(20-2)13-11-15/h3-6,8-13,18-19H,1,7,14H2,2H3. The molecule has 0 radical (unpaired) electrons. The van der Waals surface area contributed by atoms with Gasteiger partial charge in [0, 0.05) is 12.6 Å². The van der Waals surface area contributed by atoms with Crippen molar-refractivity contribution in [1.29, 1.82) is 0 Å². The van der Waals surface area contributed by atoms with Crippen molar-refractivity contribution < 1.29 is 4.74 Å². The van der Waals surface area contributed by atoms with Gasteiger partial charge in [-0.3, -0.25) is 0 Å². The predicted molar refractivity (Wildman–Crippen MR) is 83.8 cm³/mol. The molecule has 0 bridgehead atoms. The van der Waals surface area contributed by atoms with E-state index >= 15 is 0 Å². The van der Waals surface area contributed by atoms with Gasteiger partial charge in [0.25, 0.3) is 0 Å². The number of rotatable bonds is 7. The van der Waals surface area contributed by atoms with Crippen LogP contribution in [0.1, 0.15) is 23.6 Å². The highest BCUT2D eigenvalue weighted by molar-refractivity contribution is 5.27. The third-order valence-corrected chi connectivity index (χ3v) is 3.32. The maximum Gasteiger partial charge on any atom is 0.118 e. The molecule has 0 saturated carbocycles. The summed E-state index contributed by atoms with van der Waals surface area (Å²) in [5.74, 6) is 0.888. The second-order valence-corrected chi connectivity index (χ2v) is 4.72. The Bertz CT molecular complexity index is 519. The molecule has 0 aliphatic rings. The van der Waals surface area contributed by atoms with Crippen molar-refractivity contribution in [2.24, 2.45) is 0 Å². The van der Waals surface area contributed by atoms with Crippen molar-refractivity contribution in [3.63, 3.8) is 0 Å². The number of ether oxygens (including phenoxy) is 1. The second-order valence-electron chi connectivity index (χ2n) is 4.72. The van der Waals surface area contributed by atoms with Gasteiger partial charge in [-0.05, 0) is 29.7 Å². The fourth-order valence-corrected chi connectivity index (χ4v) is 2.17. The van der Waals surface area contributed by atoms with Crippen molar-refractivity contribution in [2.45, 2.75) is 19.0 Å². The molecule has 104 valence electrons. The maximum absolute atomic E-state index is 5.17. The van der Waals surface area contributed by atoms with Crippen LogP contribution in [0.25, 0.3) is 0 Å². The summed E-state index contributed by atoms with van der Waals surface area (Å²) < 4.78 is 5.17. The van der Waals surface area contributed by atoms with Crippen LogP contribution in [0.3, 0.4) is 0 Å². The Kier molecular flexibility index (Phi) is 5.39. The van der Waals surface area contributed by atoms with Crippen LogP contribution in [0.5, 0.6) is 5.75 Å². The van der Waals surface area contributed by atoms with Crippen LogP contribution in [-0.4, -0.2) is 7.11 Å². The van der Waals surface area contributed by atoms with Crippen molar-refractivity contribution in [3.05, 3.63) is 78.4 Å². The zero-order chi connectivity index (χ0) is 14.2. The molecule has 20 heavy (non-hydrogen) atoms. The topological polar surface area (TPSA) is 21.3 Å². The Morgan fingerprint density at radius 2 is 1.80 bits per heavy atom. The molecule has 0 saturated heterocycles. The van der Waals surface area contributed by atoms with Gasteiger partial charge < -0.3 is 10.1 Å². The zero-order valence-electron chi connectivity index (χ0n) is 11.9. The highest BCUT2D eigenvalue weighted by atomic mass is 16.5. The summed E-state index contributed by atoms with van der Waals surface area (Å²) in [4.78, 5) is 0. The van der Waals surface area contributed by atoms with E-state index in [0.717, 1.165) is 18.7 Å². The first-order valence-electron chi connectivity index (χ1n) is 6.85. The van der Waals surface area contributed by atoms with Gasteiger partial charge in [0.1, 0.15) is 5.75 Å². The Labute approximate surface area is 121 Å². The van der Waals surface area contributed by atoms with Gasteiger partial charge in [-0.25, -0.2) is 0 Å². The van der Waals surface area contributed by atoms with Crippen molar-refractivity contribution >= 4 is 0 Å². The lowest BCUT2D eigenvalue weighted by molar-refractivity contribution is 0.414. The summed E-state index contributed by atoms with van der Waals surface area (Å²) in [5.41, 5.74) is 2.54. The predicted octanol–water partition coefficient (Wildman–Crippen LogP) is 4.10. The summed E-state index contributed by atoms with van der Waals surface area (Å²) in [6.45, 7) is 4.68. The van der Waals surface area contributed by atoms with Gasteiger partial charge in [0.15, 0.2) is 0 Å². The minimum atomic E-state index is 0.302. The minimum Gasteiger partial charge on any atom is -0.497 e. The van der Waals surface area contributed by atoms with Crippen molar-refractivity contribution in [2.75, 3.05) is 7.11 Å². The summed E-state index contributed by atoms with van der Waals surface area (Å²) in [6, 6.07) is 18.9. The number of nitrogens with one attached hydrogen (secondary N) is 1. The lowest BCUT2D eigenvalue weighted by Crippen LogP contribution is -2.20. The third kappa shape index (κ3) is 3.97. The van der Waals surface area contributed by atoms with Gasteiger partial charge in [0.2, 0.25) is 0 Å². The van der Waals surface area contributed by atoms with Crippen LogP contribution >= 0.6 is 0 Å². The molecule has 2 aromatic rings. The maximum atomic E-state index is 5.17. The van der Waals surface area contributed by atoms with E-state index in [1.54, 1.807) is 7.11 Å². The Morgan fingerprint density at radius 3 is 2.40 bits per heavy atom. The van der Waals surface area contributed by atoms with E-state index in [0.29, 0.717) is 6.04 Å². The highest BCUT2D eigenvalue weighted by Gasteiger charge is 2.08. The Hall–Kier alpha value is -2.06. The molecule has 2 aromatic carbocycles. The largest absolute Gasteiger partial charge is 0.497 e. The lowest BCUT2D eigenvalue weighted by Gasteiger charge is -2.18. The lowest BCUT2D eigenvalue weighted by atomic mass is 10.0. The van der Waals surface area contributed by atoms with E-state index in [9.17, 15) is 0 Å². The molecule has 2 heteroatoms. The van der Waals surface area contributed by atoms with E-state index in [4.69, 9.17) is 4.74 Å². The molecule has 2 nitrogen and oxygen atoms in total. The van der Waals surface area contributed by atoms with Gasteiger partial charge in [-0.15, -0.1) is 6.58 Å². The van der Waals surface area contributed by atoms with Crippen LogP contribution in [-0.2, 0) is 6.54 Å².